The number of benzene rings is 2. The minimum absolute atomic E-state index is 0.662. The van der Waals surface area contributed by atoms with Crippen molar-refractivity contribution in [3.05, 3.63) is 66.2 Å². The van der Waals surface area contributed by atoms with E-state index >= 15 is 0 Å². The summed E-state index contributed by atoms with van der Waals surface area (Å²) in [7, 11) is 0. The summed E-state index contributed by atoms with van der Waals surface area (Å²) in [5, 5.41) is 9.24. The molecule has 3 nitrogen and oxygen atoms in total. The fourth-order valence-electron chi connectivity index (χ4n) is 3.36. The first-order valence-corrected chi connectivity index (χ1v) is 8.47. The van der Waals surface area contributed by atoms with Crippen molar-refractivity contribution in [2.75, 3.05) is 6.54 Å². The third-order valence-electron chi connectivity index (χ3n) is 4.32. The molecule has 0 fully saturated rings. The lowest BCUT2D eigenvalue weighted by molar-refractivity contribution is 0.571. The molecule has 1 aliphatic rings. The molecule has 0 aliphatic carbocycles. The average molecular weight is 306 g/mol. The first-order valence-electron chi connectivity index (χ1n) is 8.47. The Hall–Kier alpha value is -2.26. The topological polar surface area (TPSA) is 24.7 Å². The molecule has 1 unspecified atom stereocenters. The number of hydrogen-bond donors (Lipinski definition) is 0. The normalized spacial score (nSPS) is 20.3. The van der Waals surface area contributed by atoms with E-state index in [9.17, 15) is 0 Å². The van der Waals surface area contributed by atoms with Crippen LogP contribution >= 0.6 is 0 Å². The second kappa shape index (κ2) is 6.88. The van der Waals surface area contributed by atoms with Crippen LogP contribution in [0.5, 0.6) is 0 Å². The molecular weight excluding hydrogens is 282 g/mol. The van der Waals surface area contributed by atoms with Crippen molar-refractivity contribution in [1.82, 2.24) is 4.48 Å². The van der Waals surface area contributed by atoms with Crippen LogP contribution in [-0.4, -0.2) is 18.2 Å². The van der Waals surface area contributed by atoms with E-state index in [2.05, 4.69) is 78.6 Å². The van der Waals surface area contributed by atoms with Gasteiger partial charge in [-0.25, -0.2) is 0 Å². The molecule has 1 aliphatic heterocycles. The molecule has 3 heteroatoms. The van der Waals surface area contributed by atoms with Crippen LogP contribution in [0.15, 0.2) is 70.9 Å². The Morgan fingerprint density at radius 3 is 2.04 bits per heavy atom. The Labute approximate surface area is 138 Å². The Bertz CT molecular complexity index is 704. The SMILES string of the molecule is CCCC1=NN=C(c2ccccc2)[N+]1(CCC)c1ccccc1. The third-order valence-corrected chi connectivity index (χ3v) is 4.32. The standard InChI is InChI=1S/C20H24N3/c1-3-11-19-21-22-20(17-12-7-5-8-13-17)23(19,16-4-2)18-14-9-6-10-15-18/h5-10,12-15H,3-4,11,16H2,1-2H3/q+1. The second-order valence-corrected chi connectivity index (χ2v) is 5.92. The molecule has 0 spiro atoms. The maximum absolute atomic E-state index is 4.63. The van der Waals surface area contributed by atoms with Crippen LogP contribution in [0.25, 0.3) is 0 Å². The van der Waals surface area contributed by atoms with E-state index in [0.29, 0.717) is 4.48 Å². The maximum Gasteiger partial charge on any atom is 0.265 e. The number of quaternary nitrogens is 1. The molecule has 0 amide bonds. The minimum atomic E-state index is 0.662. The molecule has 0 bridgehead atoms. The van der Waals surface area contributed by atoms with E-state index in [0.717, 1.165) is 43.0 Å². The minimum Gasteiger partial charge on any atom is -0.195 e. The predicted octanol–water partition coefficient (Wildman–Crippen LogP) is 4.98. The van der Waals surface area contributed by atoms with Gasteiger partial charge in [-0.2, -0.15) is 4.48 Å². The van der Waals surface area contributed by atoms with Gasteiger partial charge >= 0.3 is 0 Å². The van der Waals surface area contributed by atoms with E-state index < -0.39 is 0 Å². The van der Waals surface area contributed by atoms with Crippen LogP contribution in [0.3, 0.4) is 0 Å². The van der Waals surface area contributed by atoms with Crippen molar-refractivity contribution in [2.45, 2.75) is 33.1 Å². The Balaban J connectivity index is 2.17. The van der Waals surface area contributed by atoms with Gasteiger partial charge in [0.25, 0.3) is 5.84 Å². The highest BCUT2D eigenvalue weighted by atomic mass is 15.5. The first kappa shape index (κ1) is 15.6. The average Bonchev–Trinajstić information content (AvgIpc) is 2.97. The number of nitrogens with zero attached hydrogens (tertiary/aromatic N) is 3. The van der Waals surface area contributed by atoms with Gasteiger partial charge in [-0.05, 0) is 25.0 Å². The van der Waals surface area contributed by atoms with Crippen LogP contribution in [-0.2, 0) is 0 Å². The number of para-hydroxylation sites is 1. The number of hydrogen-bond acceptors (Lipinski definition) is 2. The lowest BCUT2D eigenvalue weighted by Crippen LogP contribution is -2.57. The zero-order chi connectivity index (χ0) is 16.1. The zero-order valence-electron chi connectivity index (χ0n) is 13.9. The number of rotatable bonds is 6. The van der Waals surface area contributed by atoms with E-state index in [1.54, 1.807) is 0 Å². The van der Waals surface area contributed by atoms with E-state index in [1.807, 2.05) is 6.07 Å². The molecule has 3 rings (SSSR count). The van der Waals surface area contributed by atoms with Gasteiger partial charge in [0.1, 0.15) is 5.69 Å². The van der Waals surface area contributed by atoms with Crippen molar-refractivity contribution in [1.29, 1.82) is 0 Å². The molecule has 1 heterocycles. The Kier molecular flexibility index (Phi) is 4.68. The summed E-state index contributed by atoms with van der Waals surface area (Å²) in [6.45, 7) is 5.42. The van der Waals surface area contributed by atoms with E-state index in [-0.39, 0.29) is 0 Å². The van der Waals surface area contributed by atoms with Gasteiger partial charge in [0.15, 0.2) is 0 Å². The van der Waals surface area contributed by atoms with Gasteiger partial charge in [0.2, 0.25) is 5.84 Å². The van der Waals surface area contributed by atoms with Gasteiger partial charge in [-0.1, -0.05) is 60.4 Å². The van der Waals surface area contributed by atoms with Crippen molar-refractivity contribution < 1.29 is 0 Å². The summed E-state index contributed by atoms with van der Waals surface area (Å²) in [5.74, 6) is 2.20. The highest BCUT2D eigenvalue weighted by molar-refractivity contribution is 6.21. The molecule has 23 heavy (non-hydrogen) atoms. The van der Waals surface area contributed by atoms with Crippen LogP contribution in [0.1, 0.15) is 38.7 Å². The summed E-state index contributed by atoms with van der Waals surface area (Å²) < 4.78 is 0.662. The summed E-state index contributed by atoms with van der Waals surface area (Å²) in [6.07, 6.45) is 3.12. The molecule has 0 saturated heterocycles. The molecule has 118 valence electrons. The van der Waals surface area contributed by atoms with Crippen molar-refractivity contribution in [2.24, 2.45) is 10.2 Å². The Morgan fingerprint density at radius 2 is 1.43 bits per heavy atom. The van der Waals surface area contributed by atoms with Crippen LogP contribution in [0, 0.1) is 0 Å². The van der Waals surface area contributed by atoms with Gasteiger partial charge in [0, 0.05) is 18.6 Å². The number of amidine groups is 2. The highest BCUT2D eigenvalue weighted by Gasteiger charge is 2.46. The lowest BCUT2D eigenvalue weighted by Gasteiger charge is -2.34. The van der Waals surface area contributed by atoms with Crippen molar-refractivity contribution in [3.8, 4) is 0 Å². The molecule has 0 aromatic heterocycles. The molecule has 2 aromatic rings. The maximum atomic E-state index is 4.63. The smallest absolute Gasteiger partial charge is 0.195 e. The molecule has 2 aromatic carbocycles. The van der Waals surface area contributed by atoms with Gasteiger partial charge in [0.05, 0.1) is 12.1 Å². The van der Waals surface area contributed by atoms with Crippen molar-refractivity contribution >= 4 is 17.4 Å². The Morgan fingerprint density at radius 1 is 0.783 bits per heavy atom. The first-order chi connectivity index (χ1) is 11.3. The summed E-state index contributed by atoms with van der Waals surface area (Å²) in [5.41, 5.74) is 2.40. The molecule has 0 radical (unpaired) electrons. The largest absolute Gasteiger partial charge is 0.265 e. The van der Waals surface area contributed by atoms with Crippen LogP contribution < -0.4 is 4.48 Å². The van der Waals surface area contributed by atoms with Gasteiger partial charge in [-0.3, -0.25) is 0 Å². The fourth-order valence-corrected chi connectivity index (χ4v) is 3.36. The van der Waals surface area contributed by atoms with Gasteiger partial charge in [-0.15, -0.1) is 0 Å². The predicted molar refractivity (Wildman–Crippen MR) is 98.7 cm³/mol. The third kappa shape index (κ3) is 2.73. The quantitative estimate of drug-likeness (QED) is 0.673. The zero-order valence-corrected chi connectivity index (χ0v) is 13.9. The fraction of sp³-hybridized carbons (Fsp3) is 0.300. The van der Waals surface area contributed by atoms with Gasteiger partial charge < -0.3 is 0 Å². The lowest BCUT2D eigenvalue weighted by atomic mass is 10.1. The molecule has 1 atom stereocenters. The van der Waals surface area contributed by atoms with Crippen LogP contribution in [0.4, 0.5) is 5.69 Å². The summed E-state index contributed by atoms with van der Waals surface area (Å²) in [4.78, 5) is 0. The molecular formula is C20H24N3+. The molecule has 0 N–H and O–H groups in total. The highest BCUT2D eigenvalue weighted by Crippen LogP contribution is 2.33. The van der Waals surface area contributed by atoms with E-state index in [4.69, 9.17) is 0 Å². The summed E-state index contributed by atoms with van der Waals surface area (Å²) >= 11 is 0. The van der Waals surface area contributed by atoms with Crippen LogP contribution in [0.2, 0.25) is 0 Å². The molecule has 0 saturated carbocycles. The van der Waals surface area contributed by atoms with Crippen molar-refractivity contribution in [3.63, 3.8) is 0 Å². The second-order valence-electron chi connectivity index (χ2n) is 5.92. The van der Waals surface area contributed by atoms with E-state index in [1.165, 1.54) is 5.69 Å². The monoisotopic (exact) mass is 306 g/mol. The summed E-state index contributed by atoms with van der Waals surface area (Å²) in [6, 6.07) is 21.1.